The molecule has 0 saturated carbocycles. The van der Waals surface area contributed by atoms with Gasteiger partial charge in [-0.3, -0.25) is 0 Å². The van der Waals surface area contributed by atoms with E-state index in [-0.39, 0.29) is 0 Å². The monoisotopic (exact) mass is 636 g/mol. The molecule has 234 valence electrons. The third-order valence-electron chi connectivity index (χ3n) is 10.1. The van der Waals surface area contributed by atoms with Crippen LogP contribution in [0.2, 0.25) is 0 Å². The van der Waals surface area contributed by atoms with Crippen LogP contribution in [-0.4, -0.2) is 9.13 Å². The molecule has 2 aromatic heterocycles. The van der Waals surface area contributed by atoms with Crippen LogP contribution >= 0.6 is 0 Å². The van der Waals surface area contributed by atoms with E-state index in [1.54, 1.807) is 0 Å². The van der Waals surface area contributed by atoms with Gasteiger partial charge in [0.15, 0.2) is 0 Å². The summed E-state index contributed by atoms with van der Waals surface area (Å²) in [5.74, 6) is 0. The van der Waals surface area contributed by atoms with Gasteiger partial charge in [-0.2, -0.15) is 0 Å². The Morgan fingerprint density at radius 1 is 0.260 bits per heavy atom. The summed E-state index contributed by atoms with van der Waals surface area (Å²) in [6.07, 6.45) is 0. The molecule has 0 atom stereocenters. The zero-order valence-corrected chi connectivity index (χ0v) is 27.4. The van der Waals surface area contributed by atoms with Crippen molar-refractivity contribution in [2.45, 2.75) is 0 Å². The van der Waals surface area contributed by atoms with E-state index >= 15 is 0 Å². The number of rotatable bonds is 5. The molecule has 8 aromatic carbocycles. The second kappa shape index (κ2) is 11.5. The quantitative estimate of drug-likeness (QED) is 0.178. The Kier molecular flexibility index (Phi) is 6.53. The fourth-order valence-corrected chi connectivity index (χ4v) is 7.78. The first-order valence-corrected chi connectivity index (χ1v) is 17.2. The van der Waals surface area contributed by atoms with E-state index in [9.17, 15) is 0 Å². The highest BCUT2D eigenvalue weighted by Crippen LogP contribution is 2.43. The standard InChI is InChI=1S/C48H32N2/c1-4-12-33(13-5-1)35-20-22-36(23-21-35)37-24-27-40(28-25-37)50-44-19-11-10-18-41(44)42-30-31-45-47(48(42)50)43-29-26-38(34-14-6-2-7-15-34)32-46(43)49(45)39-16-8-3-9-17-39/h1-32H. The maximum absolute atomic E-state index is 2.47. The molecule has 2 nitrogen and oxygen atoms in total. The number of fused-ring (bicyclic) bond motifs is 7. The fourth-order valence-electron chi connectivity index (χ4n) is 7.78. The van der Waals surface area contributed by atoms with Crippen LogP contribution in [0.1, 0.15) is 0 Å². The summed E-state index contributed by atoms with van der Waals surface area (Å²) in [4.78, 5) is 0. The normalized spacial score (nSPS) is 11.6. The van der Waals surface area contributed by atoms with Crippen molar-refractivity contribution in [3.05, 3.63) is 194 Å². The lowest BCUT2D eigenvalue weighted by Gasteiger charge is -2.11. The maximum Gasteiger partial charge on any atom is 0.0641 e. The van der Waals surface area contributed by atoms with Crippen molar-refractivity contribution in [3.63, 3.8) is 0 Å². The molecule has 2 heteroatoms. The molecule has 2 heterocycles. The predicted octanol–water partition coefficient (Wildman–Crippen LogP) is 12.9. The van der Waals surface area contributed by atoms with Gasteiger partial charge in [0.05, 0.1) is 22.1 Å². The Balaban J connectivity index is 1.20. The van der Waals surface area contributed by atoms with Crippen molar-refractivity contribution >= 4 is 43.6 Å². The van der Waals surface area contributed by atoms with Gasteiger partial charge >= 0.3 is 0 Å². The first kappa shape index (κ1) is 28.4. The van der Waals surface area contributed by atoms with Gasteiger partial charge in [-0.1, -0.05) is 152 Å². The molecule has 50 heavy (non-hydrogen) atoms. The first-order chi connectivity index (χ1) is 24.8. The number of nitrogens with zero attached hydrogens (tertiary/aromatic N) is 2. The molecule has 0 N–H and O–H groups in total. The highest BCUT2D eigenvalue weighted by atomic mass is 15.0. The minimum Gasteiger partial charge on any atom is -0.309 e. The Morgan fingerprint density at radius 2 is 0.740 bits per heavy atom. The van der Waals surface area contributed by atoms with Crippen LogP contribution in [-0.2, 0) is 0 Å². The summed E-state index contributed by atoms with van der Waals surface area (Å²) in [6.45, 7) is 0. The van der Waals surface area contributed by atoms with Crippen LogP contribution in [0.4, 0.5) is 0 Å². The SMILES string of the molecule is c1ccc(-c2ccc(-c3ccc(-n4c5ccccc5c5ccc6c(c7ccc(-c8ccccc8)cc7n6-c6ccccc6)c54)cc3)cc2)cc1. The highest BCUT2D eigenvalue weighted by Gasteiger charge is 2.21. The van der Waals surface area contributed by atoms with Crippen molar-refractivity contribution in [1.29, 1.82) is 0 Å². The van der Waals surface area contributed by atoms with Gasteiger partial charge in [0, 0.05) is 32.9 Å². The minimum atomic E-state index is 1.15. The Hall–Kier alpha value is -6.64. The molecular formula is C48H32N2. The van der Waals surface area contributed by atoms with Gasteiger partial charge in [0.2, 0.25) is 0 Å². The van der Waals surface area contributed by atoms with Gasteiger partial charge < -0.3 is 9.13 Å². The van der Waals surface area contributed by atoms with Crippen molar-refractivity contribution in [3.8, 4) is 44.8 Å². The average Bonchev–Trinajstić information content (AvgIpc) is 3.71. The third-order valence-corrected chi connectivity index (χ3v) is 10.1. The molecule has 0 radical (unpaired) electrons. The second-order valence-corrected chi connectivity index (χ2v) is 13.0. The van der Waals surface area contributed by atoms with Gasteiger partial charge in [0.25, 0.3) is 0 Å². The van der Waals surface area contributed by atoms with Crippen molar-refractivity contribution < 1.29 is 0 Å². The summed E-state index contributed by atoms with van der Waals surface area (Å²) in [5, 5.41) is 5.02. The molecule has 0 amide bonds. The van der Waals surface area contributed by atoms with Crippen LogP contribution in [0, 0.1) is 0 Å². The third kappa shape index (κ3) is 4.50. The molecule has 0 aliphatic rings. The first-order valence-electron chi connectivity index (χ1n) is 17.2. The molecule has 0 aliphatic heterocycles. The largest absolute Gasteiger partial charge is 0.309 e. The van der Waals surface area contributed by atoms with E-state index in [1.807, 2.05) is 0 Å². The molecule has 10 rings (SSSR count). The smallest absolute Gasteiger partial charge is 0.0641 e. The van der Waals surface area contributed by atoms with Crippen LogP contribution < -0.4 is 0 Å². The highest BCUT2D eigenvalue weighted by molar-refractivity contribution is 6.26. The topological polar surface area (TPSA) is 9.86 Å². The lowest BCUT2D eigenvalue weighted by molar-refractivity contribution is 1.17. The summed E-state index contributed by atoms with van der Waals surface area (Å²) in [7, 11) is 0. The summed E-state index contributed by atoms with van der Waals surface area (Å²) >= 11 is 0. The molecule has 0 spiro atoms. The molecule has 0 saturated heterocycles. The van der Waals surface area contributed by atoms with Crippen LogP contribution in [0.15, 0.2) is 194 Å². The lowest BCUT2D eigenvalue weighted by Crippen LogP contribution is -1.95. The van der Waals surface area contributed by atoms with Gasteiger partial charge in [-0.25, -0.2) is 0 Å². The number of hydrogen-bond acceptors (Lipinski definition) is 0. The van der Waals surface area contributed by atoms with Crippen molar-refractivity contribution in [1.82, 2.24) is 9.13 Å². The van der Waals surface area contributed by atoms with E-state index in [1.165, 1.54) is 77.0 Å². The second-order valence-electron chi connectivity index (χ2n) is 13.0. The van der Waals surface area contributed by atoms with E-state index < -0.39 is 0 Å². The Bertz CT molecular complexity index is 2810. The zero-order valence-electron chi connectivity index (χ0n) is 27.4. The number of hydrogen-bond donors (Lipinski definition) is 0. The molecule has 0 bridgehead atoms. The van der Waals surface area contributed by atoms with E-state index in [0.717, 1.165) is 11.4 Å². The van der Waals surface area contributed by atoms with E-state index in [0.29, 0.717) is 0 Å². The summed E-state index contributed by atoms with van der Waals surface area (Å²) < 4.78 is 4.90. The fraction of sp³-hybridized carbons (Fsp3) is 0. The zero-order chi connectivity index (χ0) is 33.0. The predicted molar refractivity (Wildman–Crippen MR) is 211 cm³/mol. The molecular weight excluding hydrogens is 605 g/mol. The Morgan fingerprint density at radius 3 is 1.40 bits per heavy atom. The van der Waals surface area contributed by atoms with Crippen LogP contribution in [0.5, 0.6) is 0 Å². The molecule has 0 fully saturated rings. The van der Waals surface area contributed by atoms with Crippen LogP contribution in [0.3, 0.4) is 0 Å². The number of para-hydroxylation sites is 2. The number of aromatic nitrogens is 2. The minimum absolute atomic E-state index is 1.15. The van der Waals surface area contributed by atoms with Crippen molar-refractivity contribution in [2.75, 3.05) is 0 Å². The lowest BCUT2D eigenvalue weighted by atomic mass is 10.0. The van der Waals surface area contributed by atoms with Gasteiger partial charge in [-0.15, -0.1) is 0 Å². The molecule has 10 aromatic rings. The maximum atomic E-state index is 2.47. The molecule has 0 aliphatic carbocycles. The van der Waals surface area contributed by atoms with E-state index in [4.69, 9.17) is 0 Å². The summed E-state index contributed by atoms with van der Waals surface area (Å²) in [6, 6.07) is 70.3. The van der Waals surface area contributed by atoms with Gasteiger partial charge in [-0.05, 0) is 75.8 Å². The van der Waals surface area contributed by atoms with Crippen molar-refractivity contribution in [2.24, 2.45) is 0 Å². The Labute approximate surface area is 290 Å². The van der Waals surface area contributed by atoms with Crippen LogP contribution in [0.25, 0.3) is 88.4 Å². The van der Waals surface area contributed by atoms with Gasteiger partial charge in [0.1, 0.15) is 0 Å². The average molecular weight is 637 g/mol. The summed E-state index contributed by atoms with van der Waals surface area (Å²) in [5.41, 5.74) is 14.4. The van der Waals surface area contributed by atoms with E-state index in [2.05, 4.69) is 203 Å². The molecule has 0 unspecified atom stereocenters. The number of benzene rings is 8.